The number of aliphatic hydroxyl groups excluding tert-OH is 1. The number of methoxy groups -OCH3 is 1. The summed E-state index contributed by atoms with van der Waals surface area (Å²) >= 11 is 0. The van der Waals surface area contributed by atoms with Gasteiger partial charge in [-0.15, -0.1) is 0 Å². The van der Waals surface area contributed by atoms with E-state index in [-0.39, 0.29) is 18.2 Å². The normalized spacial score (nSPS) is 12.1. The zero-order valence-corrected chi connectivity index (χ0v) is 23.9. The first-order chi connectivity index (χ1) is 21.1. The third-order valence-electron chi connectivity index (χ3n) is 6.86. The summed E-state index contributed by atoms with van der Waals surface area (Å²) in [4.78, 5) is 15.5. The van der Waals surface area contributed by atoms with Gasteiger partial charge >= 0.3 is 0 Å². The molecule has 5 rings (SSSR count). The molecule has 0 aliphatic heterocycles. The lowest BCUT2D eigenvalue weighted by atomic mass is 9.80. The molecule has 2 N–H and O–H groups in total. The standard InChI is InChI=1S/C31H32N8O4/c1-3-33-27-26-28(36-29(35-27)37-38-32)39(21-34-26)30(40)42-19-10-20-43-31(22-11-6-4-7-12-22,23-13-8-5-9-14-23)24-15-17-25(41-2)18-16-24/h4-9,11-18,21,30,40H,3,10,19-20H2,1-2H3,(H,33,35,36). The number of aromatic nitrogens is 4. The monoisotopic (exact) mass is 580 g/mol. The van der Waals surface area contributed by atoms with E-state index in [0.717, 1.165) is 22.4 Å². The quantitative estimate of drug-likeness (QED) is 0.0401. The number of ether oxygens (including phenoxy) is 3. The Hall–Kier alpha value is -5.00. The van der Waals surface area contributed by atoms with Crippen LogP contribution in [0.3, 0.4) is 0 Å². The average molecular weight is 581 g/mol. The average Bonchev–Trinajstić information content (AvgIpc) is 3.48. The lowest BCUT2D eigenvalue weighted by molar-refractivity contribution is -0.154. The molecule has 0 saturated carbocycles. The van der Waals surface area contributed by atoms with Crippen LogP contribution < -0.4 is 10.1 Å². The van der Waals surface area contributed by atoms with Crippen LogP contribution in [0.4, 0.5) is 11.8 Å². The van der Waals surface area contributed by atoms with Gasteiger partial charge in [0, 0.05) is 11.5 Å². The van der Waals surface area contributed by atoms with Gasteiger partial charge in [0.15, 0.2) is 17.0 Å². The van der Waals surface area contributed by atoms with Crippen molar-refractivity contribution in [2.75, 3.05) is 32.2 Å². The van der Waals surface area contributed by atoms with Gasteiger partial charge in [0.1, 0.15) is 17.7 Å². The van der Waals surface area contributed by atoms with Gasteiger partial charge in [0.2, 0.25) is 12.4 Å². The number of azide groups is 1. The fourth-order valence-electron chi connectivity index (χ4n) is 4.92. The van der Waals surface area contributed by atoms with Crippen molar-refractivity contribution in [3.8, 4) is 5.75 Å². The Balaban J connectivity index is 1.35. The van der Waals surface area contributed by atoms with Crippen LogP contribution in [0.25, 0.3) is 21.6 Å². The van der Waals surface area contributed by atoms with Crippen molar-refractivity contribution >= 4 is 22.9 Å². The number of rotatable bonds is 14. The van der Waals surface area contributed by atoms with Crippen LogP contribution >= 0.6 is 0 Å². The van der Waals surface area contributed by atoms with Crippen molar-refractivity contribution in [2.24, 2.45) is 5.11 Å². The molecule has 5 aromatic rings. The predicted octanol–water partition coefficient (Wildman–Crippen LogP) is 6.07. The summed E-state index contributed by atoms with van der Waals surface area (Å²) in [6, 6.07) is 28.0. The fourth-order valence-corrected chi connectivity index (χ4v) is 4.92. The van der Waals surface area contributed by atoms with Crippen molar-refractivity contribution in [3.63, 3.8) is 0 Å². The minimum absolute atomic E-state index is 0.0926. The first kappa shape index (κ1) is 29.5. The molecule has 2 heterocycles. The van der Waals surface area contributed by atoms with Gasteiger partial charge in [-0.3, -0.25) is 4.57 Å². The number of anilines is 1. The predicted molar refractivity (Wildman–Crippen MR) is 162 cm³/mol. The van der Waals surface area contributed by atoms with Crippen LogP contribution in [0, 0.1) is 0 Å². The molecule has 12 nitrogen and oxygen atoms in total. The summed E-state index contributed by atoms with van der Waals surface area (Å²) < 4.78 is 19.3. The van der Waals surface area contributed by atoms with Gasteiger partial charge in [0.05, 0.1) is 20.3 Å². The van der Waals surface area contributed by atoms with Crippen LogP contribution in [-0.2, 0) is 15.1 Å². The van der Waals surface area contributed by atoms with Crippen molar-refractivity contribution in [1.29, 1.82) is 0 Å². The molecule has 0 aliphatic rings. The molecule has 43 heavy (non-hydrogen) atoms. The van der Waals surface area contributed by atoms with Gasteiger partial charge in [-0.1, -0.05) is 72.8 Å². The largest absolute Gasteiger partial charge is 0.497 e. The minimum atomic E-state index is -1.39. The third kappa shape index (κ3) is 6.27. The number of hydrogen-bond donors (Lipinski definition) is 2. The maximum absolute atomic E-state index is 10.9. The first-order valence-electron chi connectivity index (χ1n) is 13.8. The molecule has 3 aromatic carbocycles. The van der Waals surface area contributed by atoms with E-state index in [1.807, 2.05) is 67.6 Å². The smallest absolute Gasteiger partial charge is 0.244 e. The Morgan fingerprint density at radius 1 is 0.953 bits per heavy atom. The number of fused-ring (bicyclic) bond motifs is 1. The summed E-state index contributed by atoms with van der Waals surface area (Å²) in [5.74, 6) is 1.05. The van der Waals surface area contributed by atoms with E-state index in [4.69, 9.17) is 19.7 Å². The fraction of sp³-hybridized carbons (Fsp3) is 0.258. The molecule has 1 unspecified atom stereocenters. The molecular formula is C31H32N8O4. The third-order valence-corrected chi connectivity index (χ3v) is 6.86. The minimum Gasteiger partial charge on any atom is -0.497 e. The number of hydrogen-bond acceptors (Lipinski definition) is 9. The first-order valence-corrected chi connectivity index (χ1v) is 13.8. The molecular weight excluding hydrogens is 548 g/mol. The number of nitrogens with one attached hydrogen (secondary N) is 1. The number of benzene rings is 3. The molecule has 0 saturated heterocycles. The van der Waals surface area contributed by atoms with Gasteiger partial charge in [-0.25, -0.2) is 15.0 Å². The molecule has 0 radical (unpaired) electrons. The van der Waals surface area contributed by atoms with E-state index in [9.17, 15) is 5.11 Å². The topological polar surface area (TPSA) is 152 Å². The Kier molecular flexibility index (Phi) is 9.45. The van der Waals surface area contributed by atoms with Crippen LogP contribution in [0.5, 0.6) is 5.75 Å². The van der Waals surface area contributed by atoms with Crippen molar-refractivity contribution in [3.05, 3.63) is 118 Å². The van der Waals surface area contributed by atoms with Crippen molar-refractivity contribution < 1.29 is 19.3 Å². The maximum Gasteiger partial charge on any atom is 0.244 e. The van der Waals surface area contributed by atoms with Crippen LogP contribution in [0.15, 0.2) is 96.4 Å². The van der Waals surface area contributed by atoms with Crippen molar-refractivity contribution in [2.45, 2.75) is 25.4 Å². The lowest BCUT2D eigenvalue weighted by Gasteiger charge is -2.36. The molecule has 12 heteroatoms. The molecule has 0 spiro atoms. The maximum atomic E-state index is 10.9. The highest BCUT2D eigenvalue weighted by atomic mass is 16.6. The van der Waals surface area contributed by atoms with Gasteiger partial charge in [0.25, 0.3) is 0 Å². The molecule has 220 valence electrons. The van der Waals surface area contributed by atoms with E-state index in [2.05, 4.69) is 54.6 Å². The second-order valence-electron chi connectivity index (χ2n) is 9.46. The molecule has 0 fully saturated rings. The van der Waals surface area contributed by atoms with E-state index < -0.39 is 12.0 Å². The molecule has 0 amide bonds. The van der Waals surface area contributed by atoms with Gasteiger partial charge in [-0.05, 0) is 52.8 Å². The summed E-state index contributed by atoms with van der Waals surface area (Å²) in [7, 11) is 1.64. The van der Waals surface area contributed by atoms with Crippen LogP contribution in [0.1, 0.15) is 36.4 Å². The Labute approximate surface area is 248 Å². The summed E-state index contributed by atoms with van der Waals surface area (Å²) in [5, 5.41) is 17.4. The second kappa shape index (κ2) is 13.8. The summed E-state index contributed by atoms with van der Waals surface area (Å²) in [6.45, 7) is 2.97. The number of nitrogens with zero attached hydrogens (tertiary/aromatic N) is 7. The van der Waals surface area contributed by atoms with Gasteiger partial charge in [-0.2, -0.15) is 0 Å². The SMILES string of the molecule is CCNc1nc(N=[N+]=[N-])nc2c1ncn2C(O)OCCCOC(c1ccccc1)(c1ccccc1)c1ccc(OC)cc1. The van der Waals surface area contributed by atoms with Crippen LogP contribution in [-0.4, -0.2) is 51.5 Å². The Morgan fingerprint density at radius 3 is 2.21 bits per heavy atom. The van der Waals surface area contributed by atoms with E-state index in [1.165, 1.54) is 10.9 Å². The van der Waals surface area contributed by atoms with E-state index >= 15 is 0 Å². The van der Waals surface area contributed by atoms with E-state index in [1.54, 1.807) is 7.11 Å². The zero-order chi connectivity index (χ0) is 30.1. The molecule has 2 aromatic heterocycles. The molecule has 0 aliphatic carbocycles. The highest BCUT2D eigenvalue weighted by Gasteiger charge is 2.37. The Morgan fingerprint density at radius 2 is 1.60 bits per heavy atom. The van der Waals surface area contributed by atoms with E-state index in [0.29, 0.717) is 30.9 Å². The lowest BCUT2D eigenvalue weighted by Crippen LogP contribution is -2.33. The Bertz CT molecular complexity index is 1630. The zero-order valence-electron chi connectivity index (χ0n) is 23.9. The summed E-state index contributed by atoms with van der Waals surface area (Å²) in [5.41, 5.74) is 11.5. The second-order valence-corrected chi connectivity index (χ2v) is 9.46. The molecule has 1 atom stereocenters. The van der Waals surface area contributed by atoms with Crippen molar-refractivity contribution in [1.82, 2.24) is 19.5 Å². The number of aliphatic hydroxyl groups is 1. The highest BCUT2D eigenvalue weighted by Crippen LogP contribution is 2.41. The van der Waals surface area contributed by atoms with Crippen LogP contribution in [0.2, 0.25) is 0 Å². The van der Waals surface area contributed by atoms with Gasteiger partial charge < -0.3 is 24.6 Å². The highest BCUT2D eigenvalue weighted by molar-refractivity contribution is 5.84. The number of imidazole rings is 1. The summed E-state index contributed by atoms with van der Waals surface area (Å²) in [6.07, 6.45) is 0.492. The molecule has 0 bridgehead atoms.